The Labute approximate surface area is 94.9 Å². The van der Waals surface area contributed by atoms with Gasteiger partial charge >= 0.3 is 0 Å². The van der Waals surface area contributed by atoms with Crippen molar-refractivity contribution < 1.29 is 0 Å². The summed E-state index contributed by atoms with van der Waals surface area (Å²) in [6, 6.07) is 5.85. The number of hydrogen-bond donors (Lipinski definition) is 0. The summed E-state index contributed by atoms with van der Waals surface area (Å²) in [4.78, 5) is 5.20. The monoisotopic (exact) mass is 213 g/mol. The third-order valence-corrected chi connectivity index (χ3v) is 2.56. The Hall–Kier alpha value is -1.54. The molecule has 0 aliphatic heterocycles. The van der Waals surface area contributed by atoms with Gasteiger partial charge in [-0.2, -0.15) is 0 Å². The van der Waals surface area contributed by atoms with Gasteiger partial charge in [-0.1, -0.05) is 42.6 Å². The summed E-state index contributed by atoms with van der Waals surface area (Å²) in [5.74, 6) is 0. The Balaban J connectivity index is 2.15. The van der Waals surface area contributed by atoms with Crippen LogP contribution >= 0.6 is 12.2 Å². The normalized spacial score (nSPS) is 15.7. The summed E-state index contributed by atoms with van der Waals surface area (Å²) >= 11 is 5.25. The first-order chi connectivity index (χ1) is 7.36. The standard InChI is InChI=1S/C13H11NS/c15-13-7-2-1-5-11(13)8-9-12-6-3-4-10-14-12/h1-6,8-10H,7H2/b9-8+. The highest BCUT2D eigenvalue weighted by Crippen LogP contribution is 2.12. The van der Waals surface area contributed by atoms with E-state index in [1.165, 1.54) is 0 Å². The van der Waals surface area contributed by atoms with E-state index in [-0.39, 0.29) is 0 Å². The molecule has 0 saturated heterocycles. The van der Waals surface area contributed by atoms with Gasteiger partial charge in [-0.3, -0.25) is 4.98 Å². The molecule has 1 aliphatic carbocycles. The lowest BCUT2D eigenvalue weighted by Gasteiger charge is -2.04. The molecule has 0 radical (unpaired) electrons. The summed E-state index contributed by atoms with van der Waals surface area (Å²) < 4.78 is 0. The lowest BCUT2D eigenvalue weighted by atomic mass is 10.0. The smallest absolute Gasteiger partial charge is 0.0629 e. The van der Waals surface area contributed by atoms with Crippen LogP contribution in [0.2, 0.25) is 0 Å². The minimum Gasteiger partial charge on any atom is -0.257 e. The molecule has 2 rings (SSSR count). The zero-order valence-electron chi connectivity index (χ0n) is 8.26. The van der Waals surface area contributed by atoms with Gasteiger partial charge in [-0.05, 0) is 23.8 Å². The molecule has 0 amide bonds. The Kier molecular flexibility index (Phi) is 3.20. The molecular weight excluding hydrogens is 202 g/mol. The number of pyridine rings is 1. The second-order valence-corrected chi connectivity index (χ2v) is 3.76. The maximum absolute atomic E-state index is 5.25. The molecule has 0 atom stereocenters. The van der Waals surface area contributed by atoms with Crippen molar-refractivity contribution >= 4 is 23.2 Å². The summed E-state index contributed by atoms with van der Waals surface area (Å²) in [5.41, 5.74) is 2.06. The van der Waals surface area contributed by atoms with Crippen molar-refractivity contribution in [1.82, 2.24) is 4.98 Å². The van der Waals surface area contributed by atoms with Crippen LogP contribution in [-0.4, -0.2) is 9.85 Å². The molecule has 1 nitrogen and oxygen atoms in total. The fourth-order valence-electron chi connectivity index (χ4n) is 1.36. The van der Waals surface area contributed by atoms with Gasteiger partial charge in [0.05, 0.1) is 5.69 Å². The van der Waals surface area contributed by atoms with E-state index in [4.69, 9.17) is 12.2 Å². The zero-order valence-corrected chi connectivity index (χ0v) is 9.08. The molecular formula is C13H11NS. The Morgan fingerprint density at radius 2 is 2.20 bits per heavy atom. The lowest BCUT2D eigenvalue weighted by molar-refractivity contribution is 1.29. The van der Waals surface area contributed by atoms with Crippen molar-refractivity contribution in [3.05, 3.63) is 60.0 Å². The molecule has 1 aromatic heterocycles. The number of aromatic nitrogens is 1. The molecule has 0 bridgehead atoms. The molecule has 1 heterocycles. The maximum atomic E-state index is 5.25. The van der Waals surface area contributed by atoms with E-state index >= 15 is 0 Å². The molecule has 0 spiro atoms. The van der Waals surface area contributed by atoms with Gasteiger partial charge in [0.25, 0.3) is 0 Å². The maximum Gasteiger partial charge on any atom is 0.0629 e. The predicted molar refractivity (Wildman–Crippen MR) is 67.7 cm³/mol. The van der Waals surface area contributed by atoms with Gasteiger partial charge < -0.3 is 0 Å². The van der Waals surface area contributed by atoms with Crippen molar-refractivity contribution in [2.45, 2.75) is 6.42 Å². The second-order valence-electron chi connectivity index (χ2n) is 3.27. The van der Waals surface area contributed by atoms with E-state index in [1.54, 1.807) is 6.20 Å². The van der Waals surface area contributed by atoms with Crippen molar-refractivity contribution in [2.75, 3.05) is 0 Å². The third-order valence-electron chi connectivity index (χ3n) is 2.16. The Bertz CT molecular complexity index is 441. The van der Waals surface area contributed by atoms with Gasteiger partial charge in [-0.15, -0.1) is 0 Å². The molecule has 0 unspecified atom stereocenters. The molecule has 1 aliphatic rings. The summed E-state index contributed by atoms with van der Waals surface area (Å²) in [7, 11) is 0. The summed E-state index contributed by atoms with van der Waals surface area (Å²) in [5, 5.41) is 0. The summed E-state index contributed by atoms with van der Waals surface area (Å²) in [6.07, 6.45) is 12.8. The highest BCUT2D eigenvalue weighted by atomic mass is 32.1. The Morgan fingerprint density at radius 1 is 1.27 bits per heavy atom. The SMILES string of the molecule is S=C1CC=CC=C1/C=C/c1ccccn1. The van der Waals surface area contributed by atoms with Gasteiger partial charge in [0, 0.05) is 17.5 Å². The third kappa shape index (κ3) is 2.70. The van der Waals surface area contributed by atoms with E-state index in [0.717, 1.165) is 22.6 Å². The number of thiocarbonyl (C=S) groups is 1. The van der Waals surface area contributed by atoms with Crippen molar-refractivity contribution in [2.24, 2.45) is 0 Å². The first-order valence-corrected chi connectivity index (χ1v) is 5.26. The highest BCUT2D eigenvalue weighted by Gasteiger charge is 2.01. The zero-order chi connectivity index (χ0) is 10.5. The highest BCUT2D eigenvalue weighted by molar-refractivity contribution is 7.80. The largest absolute Gasteiger partial charge is 0.257 e. The molecule has 74 valence electrons. The number of hydrogen-bond acceptors (Lipinski definition) is 2. The molecule has 2 heteroatoms. The van der Waals surface area contributed by atoms with Gasteiger partial charge in [0.2, 0.25) is 0 Å². The molecule has 0 saturated carbocycles. The van der Waals surface area contributed by atoms with Gasteiger partial charge in [0.1, 0.15) is 0 Å². The van der Waals surface area contributed by atoms with Crippen LogP contribution in [0.4, 0.5) is 0 Å². The first-order valence-electron chi connectivity index (χ1n) is 4.85. The van der Waals surface area contributed by atoms with Gasteiger partial charge in [-0.25, -0.2) is 0 Å². The molecule has 0 fully saturated rings. The first kappa shape index (κ1) is 9.99. The molecule has 1 aromatic rings. The van der Waals surface area contributed by atoms with Crippen LogP contribution in [-0.2, 0) is 0 Å². The molecule has 0 N–H and O–H groups in total. The van der Waals surface area contributed by atoms with Crippen LogP contribution in [0.1, 0.15) is 12.1 Å². The fourth-order valence-corrected chi connectivity index (χ4v) is 1.59. The molecule has 0 aromatic carbocycles. The van der Waals surface area contributed by atoms with Crippen LogP contribution in [0.15, 0.2) is 54.3 Å². The van der Waals surface area contributed by atoms with Crippen LogP contribution in [0.25, 0.3) is 6.08 Å². The predicted octanol–water partition coefficient (Wildman–Crippen LogP) is 3.35. The van der Waals surface area contributed by atoms with Crippen molar-refractivity contribution in [1.29, 1.82) is 0 Å². The number of rotatable bonds is 2. The lowest BCUT2D eigenvalue weighted by Crippen LogP contribution is -1.98. The van der Waals surface area contributed by atoms with E-state index < -0.39 is 0 Å². The van der Waals surface area contributed by atoms with Gasteiger partial charge in [0.15, 0.2) is 0 Å². The van der Waals surface area contributed by atoms with E-state index in [2.05, 4.69) is 11.1 Å². The number of nitrogens with zero attached hydrogens (tertiary/aromatic N) is 1. The van der Waals surface area contributed by atoms with Crippen LogP contribution in [0.3, 0.4) is 0 Å². The quantitative estimate of drug-likeness (QED) is 0.699. The summed E-state index contributed by atoms with van der Waals surface area (Å²) in [6.45, 7) is 0. The average Bonchev–Trinajstić information content (AvgIpc) is 2.29. The Morgan fingerprint density at radius 3 is 2.93 bits per heavy atom. The van der Waals surface area contributed by atoms with E-state index in [9.17, 15) is 0 Å². The average molecular weight is 213 g/mol. The van der Waals surface area contributed by atoms with Crippen LogP contribution in [0, 0.1) is 0 Å². The van der Waals surface area contributed by atoms with Crippen molar-refractivity contribution in [3.8, 4) is 0 Å². The van der Waals surface area contributed by atoms with E-state index in [0.29, 0.717) is 0 Å². The van der Waals surface area contributed by atoms with Crippen LogP contribution < -0.4 is 0 Å². The molecule has 15 heavy (non-hydrogen) atoms. The second kappa shape index (κ2) is 4.80. The topological polar surface area (TPSA) is 12.9 Å². The minimum atomic E-state index is 0.869. The number of allylic oxidation sites excluding steroid dienone is 5. The van der Waals surface area contributed by atoms with E-state index in [1.807, 2.05) is 42.5 Å². The van der Waals surface area contributed by atoms with Crippen LogP contribution in [0.5, 0.6) is 0 Å². The fraction of sp³-hybridized carbons (Fsp3) is 0.0769. The van der Waals surface area contributed by atoms with Crippen molar-refractivity contribution in [3.63, 3.8) is 0 Å². The minimum absolute atomic E-state index is 0.869.